The van der Waals surface area contributed by atoms with E-state index in [0.717, 1.165) is 42.9 Å². The first-order chi connectivity index (χ1) is 14.6. The van der Waals surface area contributed by atoms with Crippen LogP contribution in [0.2, 0.25) is 0 Å². The number of nitrogens with zero attached hydrogens (tertiary/aromatic N) is 2. The van der Waals surface area contributed by atoms with Gasteiger partial charge in [0.05, 0.1) is 12.7 Å². The van der Waals surface area contributed by atoms with E-state index >= 15 is 0 Å². The Balaban J connectivity index is 1.22. The number of para-hydroxylation sites is 2. The highest BCUT2D eigenvalue weighted by atomic mass is 16.5. The number of oxazole rings is 1. The van der Waals surface area contributed by atoms with Crippen LogP contribution >= 0.6 is 0 Å². The van der Waals surface area contributed by atoms with Gasteiger partial charge in [-0.1, -0.05) is 12.1 Å². The molecule has 7 heteroatoms. The Bertz CT molecular complexity index is 944. The number of piperidine rings is 1. The molecule has 1 saturated heterocycles. The zero-order valence-electron chi connectivity index (χ0n) is 17.0. The van der Waals surface area contributed by atoms with Gasteiger partial charge >= 0.3 is 5.97 Å². The second kappa shape index (κ2) is 9.28. The number of likely N-dealkylation sites (tertiary alicyclic amines) is 1. The number of aromatic nitrogens is 1. The number of benzene rings is 2. The van der Waals surface area contributed by atoms with Crippen molar-refractivity contribution in [2.75, 3.05) is 33.4 Å². The molecule has 0 radical (unpaired) electrons. The fourth-order valence-corrected chi connectivity index (χ4v) is 3.78. The number of fused-ring (bicyclic) bond motifs is 1. The molecule has 1 unspecified atom stereocenters. The van der Waals surface area contributed by atoms with Gasteiger partial charge in [0.15, 0.2) is 11.5 Å². The maximum Gasteiger partial charge on any atom is 0.337 e. The SMILES string of the molecule is COC(=O)c1ccc(OCC(O)CN2CCC(c3nc4ccccc4o3)CC2)cc1. The number of rotatable bonds is 7. The number of methoxy groups -OCH3 is 1. The third-order valence-electron chi connectivity index (χ3n) is 5.43. The lowest BCUT2D eigenvalue weighted by Crippen LogP contribution is -2.40. The summed E-state index contributed by atoms with van der Waals surface area (Å²) in [7, 11) is 1.35. The van der Waals surface area contributed by atoms with Gasteiger partial charge in [0.1, 0.15) is 24.0 Å². The van der Waals surface area contributed by atoms with Crippen molar-refractivity contribution in [2.24, 2.45) is 0 Å². The molecule has 4 rings (SSSR count). The number of carbonyl (C=O) groups is 1. The third-order valence-corrected chi connectivity index (χ3v) is 5.43. The maximum absolute atomic E-state index is 11.5. The first-order valence-electron chi connectivity index (χ1n) is 10.2. The van der Waals surface area contributed by atoms with E-state index in [9.17, 15) is 9.90 Å². The molecule has 1 aliphatic heterocycles. The normalized spacial score (nSPS) is 16.5. The highest BCUT2D eigenvalue weighted by Gasteiger charge is 2.25. The van der Waals surface area contributed by atoms with Gasteiger partial charge in [0.25, 0.3) is 0 Å². The number of aliphatic hydroxyl groups is 1. The molecular formula is C23H26N2O5. The number of carbonyl (C=O) groups excluding carboxylic acids is 1. The molecule has 30 heavy (non-hydrogen) atoms. The molecule has 0 saturated carbocycles. The summed E-state index contributed by atoms with van der Waals surface area (Å²) in [5, 5.41) is 10.4. The van der Waals surface area contributed by atoms with Crippen LogP contribution in [0.4, 0.5) is 0 Å². The second-order valence-corrected chi connectivity index (χ2v) is 7.58. The van der Waals surface area contributed by atoms with E-state index in [0.29, 0.717) is 23.8 Å². The highest BCUT2D eigenvalue weighted by molar-refractivity contribution is 5.89. The van der Waals surface area contributed by atoms with Gasteiger partial charge in [0.2, 0.25) is 0 Å². The average molecular weight is 410 g/mol. The van der Waals surface area contributed by atoms with Gasteiger partial charge < -0.3 is 23.9 Å². The summed E-state index contributed by atoms with van der Waals surface area (Å²) >= 11 is 0. The van der Waals surface area contributed by atoms with Crippen molar-refractivity contribution in [3.8, 4) is 5.75 Å². The minimum absolute atomic E-state index is 0.197. The predicted molar refractivity (Wildman–Crippen MR) is 112 cm³/mol. The van der Waals surface area contributed by atoms with E-state index in [4.69, 9.17) is 9.15 Å². The van der Waals surface area contributed by atoms with Crippen molar-refractivity contribution in [3.63, 3.8) is 0 Å². The minimum atomic E-state index is -0.592. The average Bonchev–Trinajstić information content (AvgIpc) is 3.22. The van der Waals surface area contributed by atoms with E-state index in [2.05, 4.69) is 14.6 Å². The molecule has 158 valence electrons. The monoisotopic (exact) mass is 410 g/mol. The maximum atomic E-state index is 11.5. The van der Waals surface area contributed by atoms with Gasteiger partial charge in [0, 0.05) is 12.5 Å². The lowest BCUT2D eigenvalue weighted by atomic mass is 9.96. The summed E-state index contributed by atoms with van der Waals surface area (Å²) in [6, 6.07) is 14.5. The van der Waals surface area contributed by atoms with Gasteiger partial charge in [-0.25, -0.2) is 9.78 Å². The molecule has 1 fully saturated rings. The Labute approximate surface area is 175 Å². The predicted octanol–water partition coefficient (Wildman–Crippen LogP) is 3.23. The molecule has 0 aliphatic carbocycles. The van der Waals surface area contributed by atoms with E-state index in [1.807, 2.05) is 24.3 Å². The third kappa shape index (κ3) is 4.80. The standard InChI is InChI=1S/C23H26N2O5/c1-28-23(27)17-6-8-19(9-7-17)29-15-18(26)14-25-12-10-16(11-13-25)22-24-20-4-2-3-5-21(20)30-22/h2-9,16,18,26H,10-15H2,1H3. The fourth-order valence-electron chi connectivity index (χ4n) is 3.78. The quantitative estimate of drug-likeness (QED) is 0.599. The topological polar surface area (TPSA) is 85.0 Å². The van der Waals surface area contributed by atoms with Crippen molar-refractivity contribution >= 4 is 17.1 Å². The first-order valence-corrected chi connectivity index (χ1v) is 10.2. The van der Waals surface area contributed by atoms with Crippen LogP contribution in [0.5, 0.6) is 5.75 Å². The van der Waals surface area contributed by atoms with E-state index in [-0.39, 0.29) is 12.6 Å². The van der Waals surface area contributed by atoms with Crippen LogP contribution in [0.15, 0.2) is 52.9 Å². The Morgan fingerprint density at radius 2 is 1.93 bits per heavy atom. The molecule has 1 aromatic heterocycles. The van der Waals surface area contributed by atoms with Crippen LogP contribution in [0.3, 0.4) is 0 Å². The summed E-state index contributed by atoms with van der Waals surface area (Å²) in [6.45, 7) is 2.52. The zero-order chi connectivity index (χ0) is 20.9. The van der Waals surface area contributed by atoms with E-state index in [1.54, 1.807) is 24.3 Å². The van der Waals surface area contributed by atoms with Crippen LogP contribution in [0.1, 0.15) is 35.0 Å². The molecule has 0 spiro atoms. The molecular weight excluding hydrogens is 384 g/mol. The van der Waals surface area contributed by atoms with Crippen molar-refractivity contribution in [2.45, 2.75) is 24.9 Å². The van der Waals surface area contributed by atoms with Crippen LogP contribution < -0.4 is 4.74 Å². The van der Waals surface area contributed by atoms with Gasteiger partial charge in [-0.15, -0.1) is 0 Å². The Kier molecular flexibility index (Phi) is 6.30. The molecule has 0 bridgehead atoms. The van der Waals surface area contributed by atoms with Crippen molar-refractivity contribution < 1.29 is 23.8 Å². The minimum Gasteiger partial charge on any atom is -0.491 e. The lowest BCUT2D eigenvalue weighted by molar-refractivity contribution is 0.0578. The van der Waals surface area contributed by atoms with Gasteiger partial charge in [-0.2, -0.15) is 0 Å². The Hall–Kier alpha value is -2.90. The van der Waals surface area contributed by atoms with E-state index in [1.165, 1.54) is 7.11 Å². The molecule has 2 aromatic carbocycles. The number of ether oxygens (including phenoxy) is 2. The second-order valence-electron chi connectivity index (χ2n) is 7.58. The molecule has 1 atom stereocenters. The largest absolute Gasteiger partial charge is 0.491 e. The summed E-state index contributed by atoms with van der Waals surface area (Å²) in [4.78, 5) is 18.3. The summed E-state index contributed by atoms with van der Waals surface area (Å²) in [5.74, 6) is 1.35. The van der Waals surface area contributed by atoms with Gasteiger partial charge in [-0.3, -0.25) is 0 Å². The summed E-state index contributed by atoms with van der Waals surface area (Å²) in [6.07, 6.45) is 1.32. The van der Waals surface area contributed by atoms with Crippen molar-refractivity contribution in [1.29, 1.82) is 0 Å². The van der Waals surface area contributed by atoms with Crippen LogP contribution in [-0.4, -0.2) is 60.4 Å². The van der Waals surface area contributed by atoms with E-state index < -0.39 is 6.10 Å². The van der Waals surface area contributed by atoms with Crippen molar-refractivity contribution in [3.05, 3.63) is 60.0 Å². The molecule has 1 N–H and O–H groups in total. The van der Waals surface area contributed by atoms with Crippen LogP contribution in [0.25, 0.3) is 11.1 Å². The molecule has 7 nitrogen and oxygen atoms in total. The molecule has 0 amide bonds. The summed E-state index contributed by atoms with van der Waals surface area (Å²) in [5.41, 5.74) is 2.21. The zero-order valence-corrected chi connectivity index (χ0v) is 17.0. The van der Waals surface area contributed by atoms with Crippen molar-refractivity contribution in [1.82, 2.24) is 9.88 Å². The first kappa shape index (κ1) is 20.4. The smallest absolute Gasteiger partial charge is 0.337 e. The number of hydrogen-bond donors (Lipinski definition) is 1. The number of β-amino-alcohol motifs (C(OH)–C–C–N with tert-alkyl or cyclic N) is 1. The molecule has 3 aromatic rings. The number of esters is 1. The fraction of sp³-hybridized carbons (Fsp3) is 0.391. The molecule has 1 aliphatic rings. The number of hydrogen-bond acceptors (Lipinski definition) is 7. The van der Waals surface area contributed by atoms with Crippen LogP contribution in [-0.2, 0) is 4.74 Å². The van der Waals surface area contributed by atoms with Gasteiger partial charge in [-0.05, 0) is 62.3 Å². The Morgan fingerprint density at radius 3 is 2.63 bits per heavy atom. The number of aliphatic hydroxyl groups excluding tert-OH is 1. The molecule has 2 heterocycles. The van der Waals surface area contributed by atoms with Crippen LogP contribution in [0, 0.1) is 0 Å². The lowest BCUT2D eigenvalue weighted by Gasteiger charge is -2.31. The Morgan fingerprint density at radius 1 is 1.20 bits per heavy atom. The highest BCUT2D eigenvalue weighted by Crippen LogP contribution is 2.29. The summed E-state index contributed by atoms with van der Waals surface area (Å²) < 4.78 is 16.2.